The third kappa shape index (κ3) is 3.51. The van der Waals surface area contributed by atoms with E-state index in [0.29, 0.717) is 12.2 Å². The largest absolute Gasteiger partial charge is 0.433 e. The first-order chi connectivity index (χ1) is 9.20. The highest BCUT2D eigenvalue weighted by Gasteiger charge is 2.11. The Bertz CT molecular complexity index is 528. The molecule has 2 rings (SSSR count). The molecular formula is C13H15F2N3O. The van der Waals surface area contributed by atoms with E-state index in [4.69, 9.17) is 0 Å². The number of nitrogens with one attached hydrogen (secondary N) is 1. The molecule has 2 aromatic rings. The van der Waals surface area contributed by atoms with Gasteiger partial charge in [-0.2, -0.15) is 13.9 Å². The molecule has 0 unspecified atom stereocenters. The molecule has 0 saturated carbocycles. The quantitative estimate of drug-likeness (QED) is 0.874. The van der Waals surface area contributed by atoms with Crippen LogP contribution in [0.25, 0.3) is 5.69 Å². The zero-order valence-electron chi connectivity index (χ0n) is 10.5. The van der Waals surface area contributed by atoms with Gasteiger partial charge in [0, 0.05) is 12.7 Å². The molecule has 0 amide bonds. The first kappa shape index (κ1) is 13.5. The number of halogens is 2. The summed E-state index contributed by atoms with van der Waals surface area (Å²) in [4.78, 5) is 0. The van der Waals surface area contributed by atoms with Gasteiger partial charge >= 0.3 is 6.61 Å². The highest BCUT2D eigenvalue weighted by atomic mass is 19.3. The molecule has 0 spiro atoms. The van der Waals surface area contributed by atoms with Gasteiger partial charge in [-0.15, -0.1) is 0 Å². The number of benzene rings is 1. The number of nitrogens with zero attached hydrogens (tertiary/aromatic N) is 2. The van der Waals surface area contributed by atoms with E-state index < -0.39 is 6.61 Å². The fourth-order valence-corrected chi connectivity index (χ4v) is 1.69. The number of hydrogen-bond donors (Lipinski definition) is 1. The summed E-state index contributed by atoms with van der Waals surface area (Å²) in [6, 6.07) is 8.40. The number of hydrogen-bond acceptors (Lipinski definition) is 3. The average molecular weight is 267 g/mol. The molecular weight excluding hydrogens is 252 g/mol. The molecule has 1 aromatic heterocycles. The fraction of sp³-hybridized carbons (Fsp3) is 0.308. The lowest BCUT2D eigenvalue weighted by Crippen LogP contribution is -2.12. The van der Waals surface area contributed by atoms with Crippen LogP contribution in [0, 0.1) is 0 Å². The highest BCUT2D eigenvalue weighted by molar-refractivity contribution is 5.46. The Morgan fingerprint density at radius 2 is 2.11 bits per heavy atom. The first-order valence-corrected chi connectivity index (χ1v) is 6.00. The lowest BCUT2D eigenvalue weighted by Gasteiger charge is -2.10. The fourth-order valence-electron chi connectivity index (χ4n) is 1.69. The minimum Gasteiger partial charge on any atom is -0.433 e. The van der Waals surface area contributed by atoms with Crippen LogP contribution in [-0.2, 0) is 6.54 Å². The molecule has 0 fully saturated rings. The maximum atomic E-state index is 12.3. The van der Waals surface area contributed by atoms with E-state index in [1.54, 1.807) is 24.4 Å². The van der Waals surface area contributed by atoms with Crippen molar-refractivity contribution in [3.63, 3.8) is 0 Å². The molecule has 19 heavy (non-hydrogen) atoms. The second-order valence-corrected chi connectivity index (χ2v) is 3.88. The normalized spacial score (nSPS) is 10.9. The topological polar surface area (TPSA) is 39.1 Å². The van der Waals surface area contributed by atoms with E-state index in [0.717, 1.165) is 12.2 Å². The third-order valence-corrected chi connectivity index (χ3v) is 2.53. The molecule has 102 valence electrons. The predicted octanol–water partition coefficient (Wildman–Crippen LogP) is 2.58. The monoisotopic (exact) mass is 267 g/mol. The molecule has 1 aromatic carbocycles. The van der Waals surface area contributed by atoms with E-state index in [1.165, 1.54) is 10.7 Å². The van der Waals surface area contributed by atoms with Crippen molar-refractivity contribution in [3.8, 4) is 11.4 Å². The molecule has 6 heteroatoms. The van der Waals surface area contributed by atoms with Crippen LogP contribution in [0.4, 0.5) is 8.78 Å². The minimum absolute atomic E-state index is 0.107. The Morgan fingerprint density at radius 3 is 2.84 bits per heavy atom. The Hall–Kier alpha value is -1.95. The van der Waals surface area contributed by atoms with Crippen molar-refractivity contribution < 1.29 is 13.5 Å². The lowest BCUT2D eigenvalue weighted by atomic mass is 10.3. The Morgan fingerprint density at radius 1 is 1.32 bits per heavy atom. The number of rotatable bonds is 6. The van der Waals surface area contributed by atoms with E-state index in [2.05, 4.69) is 15.2 Å². The third-order valence-electron chi connectivity index (χ3n) is 2.53. The Labute approximate surface area is 110 Å². The zero-order chi connectivity index (χ0) is 13.7. The summed E-state index contributed by atoms with van der Waals surface area (Å²) in [5.74, 6) is 0.107. The summed E-state index contributed by atoms with van der Waals surface area (Å²) in [7, 11) is 0. The van der Waals surface area contributed by atoms with Crippen LogP contribution in [0.5, 0.6) is 5.75 Å². The van der Waals surface area contributed by atoms with Crippen LogP contribution in [0.2, 0.25) is 0 Å². The molecule has 0 radical (unpaired) electrons. The molecule has 1 N–H and O–H groups in total. The molecule has 0 bridgehead atoms. The molecule has 0 atom stereocenters. The standard InChI is InChI=1S/C13H15F2N3O/c1-2-16-9-10-7-8-18(17-10)11-5-3-4-6-12(11)19-13(14)15/h3-8,13,16H,2,9H2,1H3. The van der Waals surface area contributed by atoms with Crippen LogP contribution < -0.4 is 10.1 Å². The second kappa shape index (κ2) is 6.29. The summed E-state index contributed by atoms with van der Waals surface area (Å²) in [6.07, 6.45) is 1.72. The Kier molecular flexibility index (Phi) is 4.46. The first-order valence-electron chi connectivity index (χ1n) is 6.00. The minimum atomic E-state index is -2.85. The van der Waals surface area contributed by atoms with Crippen LogP contribution in [-0.4, -0.2) is 22.9 Å². The lowest BCUT2D eigenvalue weighted by molar-refractivity contribution is -0.0499. The van der Waals surface area contributed by atoms with Crippen molar-refractivity contribution in [1.82, 2.24) is 15.1 Å². The summed E-state index contributed by atoms with van der Waals surface area (Å²) >= 11 is 0. The van der Waals surface area contributed by atoms with Gasteiger partial charge in [-0.25, -0.2) is 4.68 Å². The van der Waals surface area contributed by atoms with Crippen LogP contribution in [0.1, 0.15) is 12.6 Å². The number of aromatic nitrogens is 2. The van der Waals surface area contributed by atoms with Gasteiger partial charge < -0.3 is 10.1 Å². The second-order valence-electron chi connectivity index (χ2n) is 3.88. The molecule has 0 aliphatic carbocycles. The molecule has 1 heterocycles. The number of alkyl halides is 2. The molecule has 0 saturated heterocycles. The van der Waals surface area contributed by atoms with Crippen molar-refractivity contribution >= 4 is 0 Å². The molecule has 4 nitrogen and oxygen atoms in total. The van der Waals surface area contributed by atoms with Crippen molar-refractivity contribution in [2.75, 3.05) is 6.54 Å². The number of para-hydroxylation sites is 2. The molecule has 0 aliphatic heterocycles. The average Bonchev–Trinajstić information content (AvgIpc) is 2.85. The van der Waals surface area contributed by atoms with E-state index >= 15 is 0 Å². The summed E-state index contributed by atoms with van der Waals surface area (Å²) in [5.41, 5.74) is 1.33. The van der Waals surface area contributed by atoms with Crippen LogP contribution in [0.3, 0.4) is 0 Å². The van der Waals surface area contributed by atoms with Crippen LogP contribution in [0.15, 0.2) is 36.5 Å². The number of ether oxygens (including phenoxy) is 1. The van der Waals surface area contributed by atoms with Crippen molar-refractivity contribution in [2.24, 2.45) is 0 Å². The van der Waals surface area contributed by atoms with E-state index in [1.807, 2.05) is 13.0 Å². The maximum absolute atomic E-state index is 12.3. The van der Waals surface area contributed by atoms with Crippen molar-refractivity contribution in [1.29, 1.82) is 0 Å². The van der Waals surface area contributed by atoms with Gasteiger partial charge in [-0.1, -0.05) is 19.1 Å². The smallest absolute Gasteiger partial charge is 0.387 e. The van der Waals surface area contributed by atoms with Gasteiger partial charge in [-0.05, 0) is 24.7 Å². The van der Waals surface area contributed by atoms with Crippen molar-refractivity contribution in [3.05, 3.63) is 42.2 Å². The zero-order valence-corrected chi connectivity index (χ0v) is 10.5. The predicted molar refractivity (Wildman–Crippen MR) is 67.6 cm³/mol. The maximum Gasteiger partial charge on any atom is 0.387 e. The van der Waals surface area contributed by atoms with Gasteiger partial charge in [0.2, 0.25) is 0 Å². The summed E-state index contributed by atoms with van der Waals surface area (Å²) in [6.45, 7) is 0.639. The summed E-state index contributed by atoms with van der Waals surface area (Å²) in [5, 5.41) is 7.46. The van der Waals surface area contributed by atoms with Gasteiger partial charge in [0.15, 0.2) is 5.75 Å². The van der Waals surface area contributed by atoms with E-state index in [9.17, 15) is 8.78 Å². The Balaban J connectivity index is 2.23. The van der Waals surface area contributed by atoms with E-state index in [-0.39, 0.29) is 5.75 Å². The van der Waals surface area contributed by atoms with Gasteiger partial charge in [-0.3, -0.25) is 0 Å². The summed E-state index contributed by atoms with van der Waals surface area (Å²) < 4.78 is 30.7. The SMILES string of the molecule is CCNCc1ccn(-c2ccccc2OC(F)F)n1. The van der Waals surface area contributed by atoms with Gasteiger partial charge in [0.05, 0.1) is 5.69 Å². The molecule has 0 aliphatic rings. The highest BCUT2D eigenvalue weighted by Crippen LogP contribution is 2.23. The van der Waals surface area contributed by atoms with Gasteiger partial charge in [0.25, 0.3) is 0 Å². The van der Waals surface area contributed by atoms with Crippen molar-refractivity contribution in [2.45, 2.75) is 20.1 Å². The van der Waals surface area contributed by atoms with Crippen LogP contribution >= 0.6 is 0 Å². The van der Waals surface area contributed by atoms with Gasteiger partial charge in [0.1, 0.15) is 5.69 Å².